The van der Waals surface area contributed by atoms with E-state index in [2.05, 4.69) is 11.9 Å². The molecule has 2 rings (SSSR count). The van der Waals surface area contributed by atoms with Crippen molar-refractivity contribution >= 4 is 16.8 Å². The lowest BCUT2D eigenvalue weighted by Gasteiger charge is -2.13. The summed E-state index contributed by atoms with van der Waals surface area (Å²) in [5.41, 5.74) is 0.0292. The van der Waals surface area contributed by atoms with Gasteiger partial charge < -0.3 is 5.11 Å². The van der Waals surface area contributed by atoms with Crippen molar-refractivity contribution in [2.24, 2.45) is 4.99 Å². The number of aliphatic imine (C=N–C) groups is 1. The summed E-state index contributed by atoms with van der Waals surface area (Å²) in [4.78, 5) is 4.58. The third kappa shape index (κ3) is 4.01. The average molecular weight is 317 g/mol. The van der Waals surface area contributed by atoms with Crippen LogP contribution >= 0.6 is 11.8 Å². The maximum Gasteiger partial charge on any atom is 0.416 e. The molecule has 2 atom stereocenters. The summed E-state index contributed by atoms with van der Waals surface area (Å²) in [6.07, 6.45) is -1.32. The molecule has 1 aromatic carbocycles. The van der Waals surface area contributed by atoms with Crippen molar-refractivity contribution < 1.29 is 18.3 Å². The number of aliphatic hydroxyl groups excluding tert-OH is 1. The summed E-state index contributed by atoms with van der Waals surface area (Å²) >= 11 is 1.45. The first-order chi connectivity index (χ1) is 9.95. The molecule has 2 unspecified atom stereocenters. The van der Waals surface area contributed by atoms with Crippen LogP contribution in [0.2, 0.25) is 0 Å². The van der Waals surface area contributed by atoms with Crippen LogP contribution in [0, 0.1) is 0 Å². The largest absolute Gasteiger partial charge is 0.416 e. The maximum atomic E-state index is 12.5. The van der Waals surface area contributed by atoms with Crippen LogP contribution in [0.4, 0.5) is 13.2 Å². The summed E-state index contributed by atoms with van der Waals surface area (Å²) in [6, 6.07) is 5.10. The molecule has 6 heteroatoms. The van der Waals surface area contributed by atoms with Gasteiger partial charge in [0.25, 0.3) is 0 Å². The smallest absolute Gasteiger partial charge is 0.395 e. The summed E-state index contributed by atoms with van der Waals surface area (Å²) < 4.78 is 37.6. The Balaban J connectivity index is 2.14. The van der Waals surface area contributed by atoms with Gasteiger partial charge in [0.1, 0.15) is 0 Å². The summed E-state index contributed by atoms with van der Waals surface area (Å²) in [5, 5.41) is 10.1. The van der Waals surface area contributed by atoms with E-state index in [1.165, 1.54) is 23.9 Å². The lowest BCUT2D eigenvalue weighted by molar-refractivity contribution is -0.137. The van der Waals surface area contributed by atoms with E-state index in [-0.39, 0.29) is 17.9 Å². The van der Waals surface area contributed by atoms with Gasteiger partial charge >= 0.3 is 6.18 Å². The number of aliphatic hydroxyl groups is 1. The van der Waals surface area contributed by atoms with Crippen molar-refractivity contribution in [1.82, 2.24) is 0 Å². The van der Waals surface area contributed by atoms with Crippen LogP contribution in [0.3, 0.4) is 0 Å². The molecule has 1 aromatic rings. The number of nitrogens with zero attached hydrogens (tertiary/aromatic N) is 1. The first kappa shape index (κ1) is 16.4. The van der Waals surface area contributed by atoms with Gasteiger partial charge in [-0.2, -0.15) is 13.2 Å². The number of alkyl halides is 3. The van der Waals surface area contributed by atoms with Gasteiger partial charge in [-0.25, -0.2) is 0 Å². The number of hydrogen-bond donors (Lipinski definition) is 1. The Morgan fingerprint density at radius 3 is 2.43 bits per heavy atom. The highest BCUT2D eigenvalue weighted by molar-refractivity contribution is 8.15. The molecule has 0 saturated heterocycles. The van der Waals surface area contributed by atoms with E-state index >= 15 is 0 Å². The standard InChI is InChI=1S/C15H18F3NOS/c1-2-3-4-12-13(9-20)21-14(19-12)10-5-7-11(8-6-10)15(16,17)18/h5-8,12-13,20H,2-4,9H2,1H3. The molecule has 1 aliphatic heterocycles. The minimum atomic E-state index is -4.32. The van der Waals surface area contributed by atoms with Crippen LogP contribution in [0.1, 0.15) is 37.3 Å². The van der Waals surface area contributed by atoms with Gasteiger partial charge in [0, 0.05) is 5.56 Å². The van der Waals surface area contributed by atoms with E-state index in [1.54, 1.807) is 0 Å². The normalized spacial score (nSPS) is 22.4. The molecule has 2 nitrogen and oxygen atoms in total. The van der Waals surface area contributed by atoms with Crippen LogP contribution in [-0.4, -0.2) is 28.0 Å². The van der Waals surface area contributed by atoms with Crippen LogP contribution in [0.5, 0.6) is 0 Å². The number of halogens is 3. The van der Waals surface area contributed by atoms with Gasteiger partial charge in [-0.1, -0.05) is 43.7 Å². The Labute approximate surface area is 126 Å². The highest BCUT2D eigenvalue weighted by Crippen LogP contribution is 2.34. The van der Waals surface area contributed by atoms with Crippen molar-refractivity contribution in [2.75, 3.05) is 6.61 Å². The Bertz CT molecular complexity index is 499. The second kappa shape index (κ2) is 6.83. The molecule has 0 aromatic heterocycles. The van der Waals surface area contributed by atoms with E-state index in [0.29, 0.717) is 5.56 Å². The number of hydrogen-bond acceptors (Lipinski definition) is 3. The third-order valence-corrected chi connectivity index (χ3v) is 4.80. The number of rotatable bonds is 5. The Hall–Kier alpha value is -1.01. The monoisotopic (exact) mass is 317 g/mol. The lowest BCUT2D eigenvalue weighted by Crippen LogP contribution is -2.21. The molecule has 1 heterocycles. The zero-order chi connectivity index (χ0) is 15.5. The Kier molecular flexibility index (Phi) is 5.32. The SMILES string of the molecule is CCCCC1N=C(c2ccc(C(F)(F)F)cc2)SC1CO. The molecular formula is C15H18F3NOS. The fourth-order valence-corrected chi connectivity index (χ4v) is 3.44. The fraction of sp³-hybridized carbons (Fsp3) is 0.533. The molecule has 0 spiro atoms. The zero-order valence-corrected chi connectivity index (χ0v) is 12.5. The molecule has 1 N–H and O–H groups in total. The van der Waals surface area contributed by atoms with Gasteiger partial charge in [0.15, 0.2) is 0 Å². The molecule has 116 valence electrons. The van der Waals surface area contributed by atoms with Crippen molar-refractivity contribution in [3.05, 3.63) is 35.4 Å². The predicted octanol–water partition coefficient (Wildman–Crippen LogP) is 4.12. The minimum Gasteiger partial charge on any atom is -0.395 e. The summed E-state index contributed by atoms with van der Waals surface area (Å²) in [6.45, 7) is 2.13. The van der Waals surface area contributed by atoms with Crippen LogP contribution in [0.15, 0.2) is 29.3 Å². The number of thioether (sulfide) groups is 1. The average Bonchev–Trinajstić information content (AvgIpc) is 2.87. The molecule has 0 amide bonds. The number of benzene rings is 1. The minimum absolute atomic E-state index is 0.00819. The van der Waals surface area contributed by atoms with Gasteiger partial charge in [-0.05, 0) is 18.6 Å². The summed E-state index contributed by atoms with van der Waals surface area (Å²) in [7, 11) is 0. The van der Waals surface area contributed by atoms with Crippen molar-refractivity contribution in [1.29, 1.82) is 0 Å². The predicted molar refractivity (Wildman–Crippen MR) is 79.8 cm³/mol. The third-order valence-electron chi connectivity index (χ3n) is 3.47. The first-order valence-corrected chi connectivity index (χ1v) is 7.86. The first-order valence-electron chi connectivity index (χ1n) is 6.98. The van der Waals surface area contributed by atoms with Crippen molar-refractivity contribution in [3.63, 3.8) is 0 Å². The van der Waals surface area contributed by atoms with E-state index < -0.39 is 11.7 Å². The van der Waals surface area contributed by atoms with Crippen LogP contribution in [-0.2, 0) is 6.18 Å². The van der Waals surface area contributed by atoms with Gasteiger partial charge in [-0.3, -0.25) is 4.99 Å². The number of unbranched alkanes of at least 4 members (excludes halogenated alkanes) is 1. The highest BCUT2D eigenvalue weighted by Gasteiger charge is 2.32. The fourth-order valence-electron chi connectivity index (χ4n) is 2.25. The zero-order valence-electron chi connectivity index (χ0n) is 11.7. The van der Waals surface area contributed by atoms with Crippen molar-refractivity contribution in [2.45, 2.75) is 43.7 Å². The van der Waals surface area contributed by atoms with E-state index in [4.69, 9.17) is 0 Å². The van der Waals surface area contributed by atoms with E-state index in [1.807, 2.05) is 0 Å². The molecule has 21 heavy (non-hydrogen) atoms. The van der Waals surface area contributed by atoms with Gasteiger partial charge in [-0.15, -0.1) is 0 Å². The molecule has 0 radical (unpaired) electrons. The lowest BCUT2D eigenvalue weighted by atomic mass is 10.1. The molecule has 0 bridgehead atoms. The maximum absolute atomic E-state index is 12.5. The molecule has 0 aliphatic carbocycles. The van der Waals surface area contributed by atoms with Crippen LogP contribution < -0.4 is 0 Å². The topological polar surface area (TPSA) is 32.6 Å². The second-order valence-corrected chi connectivity index (χ2v) is 6.29. The quantitative estimate of drug-likeness (QED) is 0.886. The van der Waals surface area contributed by atoms with Gasteiger partial charge in [0.2, 0.25) is 0 Å². The van der Waals surface area contributed by atoms with E-state index in [9.17, 15) is 18.3 Å². The van der Waals surface area contributed by atoms with E-state index in [0.717, 1.165) is 36.4 Å². The highest BCUT2D eigenvalue weighted by atomic mass is 32.2. The molecular weight excluding hydrogens is 299 g/mol. The molecule has 0 fully saturated rings. The van der Waals surface area contributed by atoms with Crippen LogP contribution in [0.25, 0.3) is 0 Å². The molecule has 0 saturated carbocycles. The summed E-state index contributed by atoms with van der Waals surface area (Å²) in [5.74, 6) is 0. The Morgan fingerprint density at radius 2 is 1.90 bits per heavy atom. The Morgan fingerprint density at radius 1 is 1.24 bits per heavy atom. The van der Waals surface area contributed by atoms with Crippen molar-refractivity contribution in [3.8, 4) is 0 Å². The molecule has 1 aliphatic rings. The second-order valence-electron chi connectivity index (χ2n) is 5.06. The van der Waals surface area contributed by atoms with Gasteiger partial charge in [0.05, 0.1) is 28.5 Å².